The van der Waals surface area contributed by atoms with Crippen molar-refractivity contribution in [1.29, 1.82) is 0 Å². The van der Waals surface area contributed by atoms with Crippen LogP contribution in [-0.2, 0) is 14.6 Å². The van der Waals surface area contributed by atoms with E-state index in [0.29, 0.717) is 36.7 Å². The van der Waals surface area contributed by atoms with Crippen LogP contribution in [-0.4, -0.2) is 80.7 Å². The van der Waals surface area contributed by atoms with Gasteiger partial charge in [-0.15, -0.1) is 0 Å². The summed E-state index contributed by atoms with van der Waals surface area (Å²) >= 11 is 0. The Morgan fingerprint density at radius 2 is 1.75 bits per heavy atom. The SMILES string of the molecule is CC(C)N1CCOC(C[C@H](C)N2CCS(=O)(=O)CC2)C1. The van der Waals surface area contributed by atoms with Crippen LogP contribution in [0.4, 0.5) is 0 Å². The number of ether oxygens (including phenoxy) is 1. The van der Waals surface area contributed by atoms with E-state index < -0.39 is 9.84 Å². The maximum atomic E-state index is 11.5. The molecule has 0 saturated carbocycles. The molecule has 20 heavy (non-hydrogen) atoms. The first kappa shape index (κ1) is 16.2. The van der Waals surface area contributed by atoms with Crippen LogP contribution < -0.4 is 0 Å². The van der Waals surface area contributed by atoms with Crippen LogP contribution in [0.2, 0.25) is 0 Å². The Labute approximate surface area is 123 Å². The summed E-state index contributed by atoms with van der Waals surface area (Å²) in [6.45, 7) is 10.8. The van der Waals surface area contributed by atoms with Gasteiger partial charge >= 0.3 is 0 Å². The summed E-state index contributed by atoms with van der Waals surface area (Å²) in [7, 11) is -2.78. The second-order valence-electron chi connectivity index (χ2n) is 6.35. The first-order chi connectivity index (χ1) is 9.37. The molecule has 2 aliphatic heterocycles. The van der Waals surface area contributed by atoms with Crippen LogP contribution in [0.3, 0.4) is 0 Å². The summed E-state index contributed by atoms with van der Waals surface area (Å²) in [6.07, 6.45) is 1.27. The molecular formula is C14H28N2O3S. The van der Waals surface area contributed by atoms with Crippen molar-refractivity contribution in [3.8, 4) is 0 Å². The van der Waals surface area contributed by atoms with E-state index in [-0.39, 0.29) is 6.10 Å². The molecule has 0 radical (unpaired) electrons. The quantitative estimate of drug-likeness (QED) is 0.761. The molecule has 1 unspecified atom stereocenters. The average Bonchev–Trinajstić information content (AvgIpc) is 2.38. The van der Waals surface area contributed by atoms with E-state index in [4.69, 9.17) is 4.74 Å². The standard InChI is InChI=1S/C14H28N2O3S/c1-12(2)16-4-7-19-14(11-16)10-13(3)15-5-8-20(17,18)9-6-15/h12-14H,4-11H2,1-3H3/t13-,14?/m0/s1. The zero-order chi connectivity index (χ0) is 14.8. The average molecular weight is 304 g/mol. The number of rotatable bonds is 4. The van der Waals surface area contributed by atoms with E-state index in [1.165, 1.54) is 0 Å². The van der Waals surface area contributed by atoms with Crippen LogP contribution in [0.15, 0.2) is 0 Å². The fraction of sp³-hybridized carbons (Fsp3) is 1.00. The summed E-state index contributed by atoms with van der Waals surface area (Å²) in [5.74, 6) is 0.613. The van der Waals surface area contributed by atoms with Crippen molar-refractivity contribution in [2.45, 2.75) is 45.4 Å². The molecule has 0 amide bonds. The van der Waals surface area contributed by atoms with Gasteiger partial charge in [0.25, 0.3) is 0 Å². The van der Waals surface area contributed by atoms with Crippen LogP contribution >= 0.6 is 0 Å². The molecule has 0 bridgehead atoms. The molecular weight excluding hydrogens is 276 g/mol. The Bertz CT molecular complexity index is 397. The predicted octanol–water partition coefficient (Wildman–Crippen LogP) is 0.605. The lowest BCUT2D eigenvalue weighted by molar-refractivity contribution is -0.0510. The van der Waals surface area contributed by atoms with E-state index in [1.807, 2.05) is 0 Å². The first-order valence-electron chi connectivity index (χ1n) is 7.67. The predicted molar refractivity (Wildman–Crippen MR) is 80.8 cm³/mol. The number of hydrogen-bond donors (Lipinski definition) is 0. The minimum absolute atomic E-state index is 0.277. The van der Waals surface area contributed by atoms with E-state index in [2.05, 4.69) is 30.6 Å². The highest BCUT2D eigenvalue weighted by molar-refractivity contribution is 7.91. The van der Waals surface area contributed by atoms with E-state index in [9.17, 15) is 8.42 Å². The van der Waals surface area contributed by atoms with E-state index >= 15 is 0 Å². The maximum absolute atomic E-state index is 11.5. The zero-order valence-electron chi connectivity index (χ0n) is 12.9. The highest BCUT2D eigenvalue weighted by atomic mass is 32.2. The van der Waals surface area contributed by atoms with Gasteiger partial charge in [-0.05, 0) is 27.2 Å². The minimum atomic E-state index is -2.78. The highest BCUT2D eigenvalue weighted by Gasteiger charge is 2.29. The van der Waals surface area contributed by atoms with Gasteiger partial charge < -0.3 is 4.74 Å². The van der Waals surface area contributed by atoms with Crippen LogP contribution in [0.5, 0.6) is 0 Å². The molecule has 0 aromatic heterocycles. The fourth-order valence-electron chi connectivity index (χ4n) is 3.05. The first-order valence-corrected chi connectivity index (χ1v) is 9.49. The topological polar surface area (TPSA) is 49.9 Å². The molecule has 118 valence electrons. The van der Waals surface area contributed by atoms with Gasteiger partial charge in [0.15, 0.2) is 9.84 Å². The van der Waals surface area contributed by atoms with Crippen molar-refractivity contribution in [3.05, 3.63) is 0 Å². The summed E-state index contributed by atoms with van der Waals surface area (Å²) in [4.78, 5) is 4.75. The maximum Gasteiger partial charge on any atom is 0.152 e. The van der Waals surface area contributed by atoms with Crippen molar-refractivity contribution in [3.63, 3.8) is 0 Å². The number of hydrogen-bond acceptors (Lipinski definition) is 5. The molecule has 2 saturated heterocycles. The lowest BCUT2D eigenvalue weighted by Crippen LogP contribution is -2.50. The summed E-state index contributed by atoms with van der Waals surface area (Å²) in [6, 6.07) is 0.958. The third-order valence-corrected chi connectivity index (χ3v) is 6.12. The van der Waals surface area contributed by atoms with Gasteiger partial charge in [-0.3, -0.25) is 9.80 Å². The number of sulfone groups is 1. The minimum Gasteiger partial charge on any atom is -0.375 e. The van der Waals surface area contributed by atoms with Crippen molar-refractivity contribution >= 4 is 9.84 Å². The Hall–Kier alpha value is -0.170. The second-order valence-corrected chi connectivity index (χ2v) is 8.66. The second kappa shape index (κ2) is 6.73. The van der Waals surface area contributed by atoms with Crippen LogP contribution in [0, 0.1) is 0 Å². The molecule has 5 nitrogen and oxygen atoms in total. The molecule has 2 fully saturated rings. The Morgan fingerprint density at radius 3 is 2.35 bits per heavy atom. The molecule has 6 heteroatoms. The van der Waals surface area contributed by atoms with E-state index in [0.717, 1.165) is 26.1 Å². The van der Waals surface area contributed by atoms with Gasteiger partial charge in [-0.25, -0.2) is 8.42 Å². The zero-order valence-corrected chi connectivity index (χ0v) is 13.7. The molecule has 2 rings (SSSR count). The Balaban J connectivity index is 1.81. The van der Waals surface area contributed by atoms with Gasteiger partial charge in [0.1, 0.15) is 0 Å². The van der Waals surface area contributed by atoms with Gasteiger partial charge in [-0.2, -0.15) is 0 Å². The summed E-state index contributed by atoms with van der Waals surface area (Å²) in [5, 5.41) is 0. The fourth-order valence-corrected chi connectivity index (χ4v) is 4.28. The van der Waals surface area contributed by atoms with Crippen molar-refractivity contribution in [2.75, 3.05) is 44.3 Å². The molecule has 0 aliphatic carbocycles. The summed E-state index contributed by atoms with van der Waals surface area (Å²) in [5.41, 5.74) is 0. The molecule has 0 aromatic rings. The summed E-state index contributed by atoms with van der Waals surface area (Å²) < 4.78 is 28.8. The molecule has 0 spiro atoms. The molecule has 0 N–H and O–H groups in total. The van der Waals surface area contributed by atoms with Crippen molar-refractivity contribution in [2.24, 2.45) is 0 Å². The third-order valence-electron chi connectivity index (χ3n) is 4.51. The Kier molecular flexibility index (Phi) is 5.45. The molecule has 0 aromatic carbocycles. The van der Waals surface area contributed by atoms with Gasteiger partial charge in [0.05, 0.1) is 24.2 Å². The lowest BCUT2D eigenvalue weighted by Gasteiger charge is -2.39. The molecule has 2 atom stereocenters. The van der Waals surface area contributed by atoms with Gasteiger partial charge in [0, 0.05) is 38.3 Å². The number of morpholine rings is 1. The highest BCUT2D eigenvalue weighted by Crippen LogP contribution is 2.17. The van der Waals surface area contributed by atoms with Gasteiger partial charge in [-0.1, -0.05) is 0 Å². The smallest absolute Gasteiger partial charge is 0.152 e. The third kappa shape index (κ3) is 4.41. The van der Waals surface area contributed by atoms with Crippen molar-refractivity contribution in [1.82, 2.24) is 9.80 Å². The lowest BCUT2D eigenvalue weighted by atomic mass is 10.1. The number of nitrogens with zero attached hydrogens (tertiary/aromatic N) is 2. The van der Waals surface area contributed by atoms with E-state index in [1.54, 1.807) is 0 Å². The molecule has 2 heterocycles. The van der Waals surface area contributed by atoms with Crippen LogP contribution in [0.25, 0.3) is 0 Å². The van der Waals surface area contributed by atoms with Crippen molar-refractivity contribution < 1.29 is 13.2 Å². The normalized spacial score (nSPS) is 30.5. The Morgan fingerprint density at radius 1 is 1.10 bits per heavy atom. The largest absolute Gasteiger partial charge is 0.375 e. The monoisotopic (exact) mass is 304 g/mol. The van der Waals surface area contributed by atoms with Gasteiger partial charge in [0.2, 0.25) is 0 Å². The van der Waals surface area contributed by atoms with Crippen LogP contribution in [0.1, 0.15) is 27.2 Å². The molecule has 2 aliphatic rings.